The fourth-order valence-corrected chi connectivity index (χ4v) is 3.96. The van der Waals surface area contributed by atoms with Crippen molar-refractivity contribution in [1.82, 2.24) is 4.90 Å². The second-order valence-corrected chi connectivity index (χ2v) is 7.30. The molecule has 1 aliphatic heterocycles. The molecule has 0 N–H and O–H groups in total. The van der Waals surface area contributed by atoms with Crippen molar-refractivity contribution in [1.29, 1.82) is 0 Å². The third kappa shape index (κ3) is 4.86. The summed E-state index contributed by atoms with van der Waals surface area (Å²) in [5.74, 6) is 0. The van der Waals surface area contributed by atoms with E-state index >= 15 is 0 Å². The summed E-state index contributed by atoms with van der Waals surface area (Å²) in [4.78, 5) is 2.47. The van der Waals surface area contributed by atoms with E-state index in [1.165, 1.54) is 47.1 Å². The summed E-state index contributed by atoms with van der Waals surface area (Å²) in [6.45, 7) is 2.38. The fourth-order valence-electron chi connectivity index (χ4n) is 3.96. The quantitative estimate of drug-likeness (QED) is 0.697. The number of piperidine rings is 1. The highest BCUT2D eigenvalue weighted by molar-refractivity contribution is 5.83. The van der Waals surface area contributed by atoms with Crippen LogP contribution in [0.15, 0.2) is 54.6 Å². The molecular weight excluding hydrogens is 334 g/mol. The Hall–Kier alpha value is -1.94. The maximum Gasteiger partial charge on any atom is 0.0719 e. The summed E-state index contributed by atoms with van der Waals surface area (Å²) in [6, 6.07) is 17.6. The van der Waals surface area contributed by atoms with E-state index in [0.717, 1.165) is 6.54 Å². The molecule has 0 radical (unpaired) electrons. The third-order valence-corrected chi connectivity index (χ3v) is 5.40. The van der Waals surface area contributed by atoms with Gasteiger partial charge in [-0.25, -0.2) is 0 Å². The normalized spacial score (nSPS) is 17.7. The van der Waals surface area contributed by atoms with Gasteiger partial charge in [-0.15, -0.1) is 0 Å². The number of likely N-dealkylation sites (N-methyl/N-ethyl adjacent to an activating group) is 1. The molecule has 27 heavy (non-hydrogen) atoms. The summed E-state index contributed by atoms with van der Waals surface area (Å²) in [5.41, 5.74) is 6.23. The summed E-state index contributed by atoms with van der Waals surface area (Å²) >= 11 is 0. The maximum atomic E-state index is 5.48. The second-order valence-electron chi connectivity index (χ2n) is 7.30. The first kappa shape index (κ1) is 19.8. The predicted octanol–water partition coefficient (Wildman–Crippen LogP) is 4.90. The molecule has 0 aliphatic carbocycles. The molecule has 3 rings (SSSR count). The Balaban J connectivity index is 2.13. The standard InChI is InChI=1S/C24H31NO2/c1-25-15-9-8-12-21(25)16-24(22-13-6-4-10-19(22)17-26-2)23-14-7-5-11-20(23)18-27-3/h4-7,10-11,13-14,16,21H,8-9,12,15,17-18H2,1-3H3. The van der Waals surface area contributed by atoms with Gasteiger partial charge in [-0.05, 0) is 54.3 Å². The number of rotatable bonds is 7. The number of likely N-dealkylation sites (tertiary alicyclic amines) is 1. The zero-order valence-electron chi connectivity index (χ0n) is 16.8. The Labute approximate surface area is 163 Å². The van der Waals surface area contributed by atoms with Crippen LogP contribution in [0.25, 0.3) is 5.57 Å². The molecule has 144 valence electrons. The van der Waals surface area contributed by atoms with E-state index in [9.17, 15) is 0 Å². The van der Waals surface area contributed by atoms with Gasteiger partial charge in [-0.3, -0.25) is 4.90 Å². The maximum absolute atomic E-state index is 5.48. The molecule has 1 aliphatic rings. The minimum absolute atomic E-state index is 0.458. The van der Waals surface area contributed by atoms with Crippen LogP contribution in [0.2, 0.25) is 0 Å². The fraction of sp³-hybridized carbons (Fsp3) is 0.417. The molecule has 3 heteroatoms. The number of ether oxygens (including phenoxy) is 2. The van der Waals surface area contributed by atoms with E-state index in [0.29, 0.717) is 19.3 Å². The van der Waals surface area contributed by atoms with Crippen molar-refractivity contribution in [2.45, 2.75) is 38.5 Å². The van der Waals surface area contributed by atoms with Gasteiger partial charge in [0.25, 0.3) is 0 Å². The van der Waals surface area contributed by atoms with Crippen LogP contribution >= 0.6 is 0 Å². The van der Waals surface area contributed by atoms with Crippen LogP contribution in [0.3, 0.4) is 0 Å². The summed E-state index contributed by atoms with van der Waals surface area (Å²) in [6.07, 6.45) is 6.25. The lowest BCUT2D eigenvalue weighted by atomic mass is 9.88. The van der Waals surface area contributed by atoms with Crippen molar-refractivity contribution >= 4 is 5.57 Å². The van der Waals surface area contributed by atoms with Crippen molar-refractivity contribution < 1.29 is 9.47 Å². The average molecular weight is 366 g/mol. The molecule has 1 saturated heterocycles. The molecular formula is C24H31NO2. The van der Waals surface area contributed by atoms with E-state index < -0.39 is 0 Å². The van der Waals surface area contributed by atoms with Crippen LogP contribution in [0.5, 0.6) is 0 Å². The minimum atomic E-state index is 0.458. The zero-order chi connectivity index (χ0) is 19.1. The first-order valence-electron chi connectivity index (χ1n) is 9.81. The summed E-state index contributed by atoms with van der Waals surface area (Å²) in [7, 11) is 5.75. The Morgan fingerprint density at radius 3 is 2.00 bits per heavy atom. The minimum Gasteiger partial charge on any atom is -0.380 e. The van der Waals surface area contributed by atoms with Crippen LogP contribution in [0.4, 0.5) is 0 Å². The molecule has 1 heterocycles. The topological polar surface area (TPSA) is 21.7 Å². The lowest BCUT2D eigenvalue weighted by Crippen LogP contribution is -2.34. The smallest absolute Gasteiger partial charge is 0.0719 e. The molecule has 0 aromatic heterocycles. The molecule has 2 aromatic carbocycles. The molecule has 0 bridgehead atoms. The second kappa shape index (κ2) is 9.84. The Bertz CT molecular complexity index is 717. The van der Waals surface area contributed by atoms with Crippen LogP contribution in [-0.2, 0) is 22.7 Å². The van der Waals surface area contributed by atoms with Crippen molar-refractivity contribution in [3.63, 3.8) is 0 Å². The Morgan fingerprint density at radius 2 is 1.48 bits per heavy atom. The van der Waals surface area contributed by atoms with Gasteiger partial charge in [0.15, 0.2) is 0 Å². The number of benzene rings is 2. The van der Waals surface area contributed by atoms with Gasteiger partial charge >= 0.3 is 0 Å². The van der Waals surface area contributed by atoms with Gasteiger partial charge < -0.3 is 9.47 Å². The molecule has 2 aromatic rings. The molecule has 3 nitrogen and oxygen atoms in total. The summed E-state index contributed by atoms with van der Waals surface area (Å²) < 4.78 is 11.0. The van der Waals surface area contributed by atoms with E-state index in [2.05, 4.69) is 66.6 Å². The number of methoxy groups -OCH3 is 2. The van der Waals surface area contributed by atoms with Crippen LogP contribution in [0, 0.1) is 0 Å². The first-order valence-corrected chi connectivity index (χ1v) is 9.81. The molecule has 0 spiro atoms. The summed E-state index contributed by atoms with van der Waals surface area (Å²) in [5, 5.41) is 0. The number of hydrogen-bond donors (Lipinski definition) is 0. The van der Waals surface area contributed by atoms with Gasteiger partial charge in [-0.1, -0.05) is 61.0 Å². The van der Waals surface area contributed by atoms with Crippen molar-refractivity contribution in [2.75, 3.05) is 27.8 Å². The zero-order valence-corrected chi connectivity index (χ0v) is 16.8. The predicted molar refractivity (Wildman–Crippen MR) is 112 cm³/mol. The van der Waals surface area contributed by atoms with Gasteiger partial charge in [0.1, 0.15) is 0 Å². The van der Waals surface area contributed by atoms with Gasteiger partial charge in [0.2, 0.25) is 0 Å². The number of hydrogen-bond acceptors (Lipinski definition) is 3. The molecule has 1 fully saturated rings. The third-order valence-electron chi connectivity index (χ3n) is 5.40. The van der Waals surface area contributed by atoms with Crippen molar-refractivity contribution in [3.8, 4) is 0 Å². The van der Waals surface area contributed by atoms with E-state index in [-0.39, 0.29) is 0 Å². The van der Waals surface area contributed by atoms with Crippen molar-refractivity contribution in [2.24, 2.45) is 0 Å². The van der Waals surface area contributed by atoms with Gasteiger partial charge in [0, 0.05) is 20.3 Å². The van der Waals surface area contributed by atoms with Gasteiger partial charge in [0.05, 0.1) is 13.2 Å². The van der Waals surface area contributed by atoms with Crippen LogP contribution in [-0.4, -0.2) is 38.8 Å². The SMILES string of the molecule is COCc1ccccc1C(=CC1CCCCN1C)c1ccccc1COC. The van der Waals surface area contributed by atoms with Gasteiger partial charge in [-0.2, -0.15) is 0 Å². The lowest BCUT2D eigenvalue weighted by molar-refractivity contribution is 0.184. The lowest BCUT2D eigenvalue weighted by Gasteiger charge is -2.31. The molecule has 0 saturated carbocycles. The molecule has 1 atom stereocenters. The van der Waals surface area contributed by atoms with Crippen LogP contribution in [0.1, 0.15) is 41.5 Å². The Morgan fingerprint density at radius 1 is 0.926 bits per heavy atom. The monoisotopic (exact) mass is 365 g/mol. The highest BCUT2D eigenvalue weighted by Gasteiger charge is 2.20. The highest BCUT2D eigenvalue weighted by Crippen LogP contribution is 2.32. The average Bonchev–Trinajstić information content (AvgIpc) is 2.69. The Kier molecular flexibility index (Phi) is 7.22. The van der Waals surface area contributed by atoms with E-state index in [4.69, 9.17) is 9.47 Å². The largest absolute Gasteiger partial charge is 0.380 e. The molecule has 1 unspecified atom stereocenters. The van der Waals surface area contributed by atoms with E-state index in [1.54, 1.807) is 14.2 Å². The van der Waals surface area contributed by atoms with Crippen molar-refractivity contribution in [3.05, 3.63) is 76.9 Å². The molecule has 0 amide bonds. The number of nitrogens with zero attached hydrogens (tertiary/aromatic N) is 1. The first-order chi connectivity index (χ1) is 13.2. The highest BCUT2D eigenvalue weighted by atomic mass is 16.5. The van der Waals surface area contributed by atoms with E-state index in [1.807, 2.05) is 0 Å². The van der Waals surface area contributed by atoms with Crippen LogP contribution < -0.4 is 0 Å².